The average molecular weight is 180 g/mol. The van der Waals surface area contributed by atoms with E-state index in [9.17, 15) is 0 Å². The molecule has 0 saturated heterocycles. The van der Waals surface area contributed by atoms with Gasteiger partial charge in [0.15, 0.2) is 0 Å². The van der Waals surface area contributed by atoms with Gasteiger partial charge in [-0.15, -0.1) is 0 Å². The van der Waals surface area contributed by atoms with Gasteiger partial charge in [-0.3, -0.25) is 0 Å². The quantitative estimate of drug-likeness (QED) is 0.429. The Morgan fingerprint density at radius 1 is 1.11 bits per heavy atom. The van der Waals surface area contributed by atoms with Crippen LogP contribution in [-0.2, 0) is 19.5 Å². The number of rotatable bonds is 1. The third kappa shape index (κ3) is 17.7. The summed E-state index contributed by atoms with van der Waals surface area (Å²) in [5.41, 5.74) is 0. The Labute approximate surface area is 73.2 Å². The first kappa shape index (κ1) is 16.3. The molecule has 0 saturated carbocycles. The fraction of sp³-hybridized carbons (Fsp3) is 0.750. The zero-order chi connectivity index (χ0) is 7.15. The van der Waals surface area contributed by atoms with Gasteiger partial charge in [-0.05, 0) is 0 Å². The monoisotopic (exact) mass is 178 g/mol. The van der Waals surface area contributed by atoms with Crippen molar-refractivity contribution in [3.8, 4) is 0 Å². The van der Waals surface area contributed by atoms with Crippen molar-refractivity contribution >= 4 is 0 Å². The van der Waals surface area contributed by atoms with Crippen LogP contribution in [0.5, 0.6) is 0 Å². The molecule has 0 aromatic rings. The summed E-state index contributed by atoms with van der Waals surface area (Å²) < 4.78 is 0. The summed E-state index contributed by atoms with van der Waals surface area (Å²) in [5, 5.41) is 0. The number of hydrogen-bond acceptors (Lipinski definition) is 0. The van der Waals surface area contributed by atoms with Crippen LogP contribution >= 0.6 is 0 Å². The summed E-state index contributed by atoms with van der Waals surface area (Å²) in [6.07, 6.45) is 0. The van der Waals surface area contributed by atoms with Gasteiger partial charge in [0.25, 0.3) is 0 Å². The predicted octanol–water partition coefficient (Wildman–Crippen LogP) is 3.09. The molecule has 0 fully saturated rings. The van der Waals surface area contributed by atoms with Crippen molar-refractivity contribution in [2.75, 3.05) is 0 Å². The molecule has 0 heterocycles. The fourth-order valence-corrected chi connectivity index (χ4v) is 0. The van der Waals surface area contributed by atoms with Gasteiger partial charge in [-0.1, -0.05) is 13.8 Å². The van der Waals surface area contributed by atoms with Crippen LogP contribution in [0.15, 0.2) is 0 Å². The van der Waals surface area contributed by atoms with Crippen LogP contribution in [0.2, 0.25) is 0 Å². The second-order valence-corrected chi connectivity index (χ2v) is 2.23. The number of hydrogen-bond donors (Lipinski definition) is 0. The van der Waals surface area contributed by atoms with Crippen molar-refractivity contribution in [2.45, 2.75) is 34.6 Å². The van der Waals surface area contributed by atoms with Crippen molar-refractivity contribution < 1.29 is 19.5 Å². The van der Waals surface area contributed by atoms with Gasteiger partial charge in [0.2, 0.25) is 0 Å². The van der Waals surface area contributed by atoms with Crippen LogP contribution in [0.25, 0.3) is 0 Å². The second-order valence-electron chi connectivity index (χ2n) is 2.23. The molecule has 0 amide bonds. The first-order valence-corrected chi connectivity index (χ1v) is 3.15. The maximum Gasteiger partial charge on any atom is 2.00 e. The molecule has 0 rings (SSSR count). The van der Waals surface area contributed by atoms with Crippen LogP contribution in [0.1, 0.15) is 34.6 Å². The van der Waals surface area contributed by atoms with Crippen molar-refractivity contribution in [1.82, 2.24) is 0 Å². The molecule has 0 atom stereocenters. The van der Waals surface area contributed by atoms with E-state index in [0.717, 1.165) is 5.92 Å². The Morgan fingerprint density at radius 3 is 1.22 bits per heavy atom. The molecule has 0 aliphatic heterocycles. The Hall–Kier alpha value is 0.623. The maximum atomic E-state index is 3.25. The average Bonchev–Trinajstić information content (AvgIpc) is 1.72. The topological polar surface area (TPSA) is 0 Å². The Kier molecular flexibility index (Phi) is 20.7. The normalized spacial score (nSPS) is 8.00. The summed E-state index contributed by atoms with van der Waals surface area (Å²) >= 11 is 0. The van der Waals surface area contributed by atoms with Crippen LogP contribution < -0.4 is 0 Å². The summed E-state index contributed by atoms with van der Waals surface area (Å²) in [6.45, 7) is 13.7. The molecule has 0 aliphatic carbocycles. The van der Waals surface area contributed by atoms with E-state index in [-0.39, 0.29) is 19.5 Å². The largest absolute Gasteiger partial charge is 2.00 e. The molecular formula is C8H18Zn. The molecular weight excluding hydrogens is 161 g/mol. The van der Waals surface area contributed by atoms with Crippen molar-refractivity contribution in [1.29, 1.82) is 0 Å². The minimum Gasteiger partial charge on any atom is -0.346 e. The second kappa shape index (κ2) is 11.4. The Bertz CT molecular complexity index is 25.5. The predicted molar refractivity (Wildman–Crippen MR) is 40.5 cm³/mol. The van der Waals surface area contributed by atoms with E-state index < -0.39 is 0 Å². The van der Waals surface area contributed by atoms with Gasteiger partial charge in [-0.2, -0.15) is 26.7 Å². The van der Waals surface area contributed by atoms with Crippen LogP contribution in [-0.4, -0.2) is 0 Å². The summed E-state index contributed by atoms with van der Waals surface area (Å²) in [4.78, 5) is 0. The van der Waals surface area contributed by atoms with Crippen LogP contribution in [0, 0.1) is 18.8 Å². The van der Waals surface area contributed by atoms with E-state index in [2.05, 4.69) is 34.6 Å². The van der Waals surface area contributed by atoms with Gasteiger partial charge < -0.3 is 12.8 Å². The van der Waals surface area contributed by atoms with E-state index in [1.165, 1.54) is 5.92 Å². The standard InChI is InChI=1S/C6H13.C2H5.Zn/c1-5(2)6(3)4;1-2;/h5H,1-4H3;1H2,2H3;/q2*-1;+2. The van der Waals surface area contributed by atoms with Crippen molar-refractivity contribution in [3.63, 3.8) is 0 Å². The Morgan fingerprint density at radius 2 is 1.22 bits per heavy atom. The fourth-order valence-electron chi connectivity index (χ4n) is 0. The zero-order valence-corrected chi connectivity index (χ0v) is 10.5. The van der Waals surface area contributed by atoms with Crippen LogP contribution in [0.4, 0.5) is 0 Å². The Balaban J connectivity index is -0.000000109. The molecule has 52 valence electrons. The molecule has 0 aliphatic rings. The van der Waals surface area contributed by atoms with Gasteiger partial charge >= 0.3 is 19.5 Å². The first-order chi connectivity index (χ1) is 3.64. The molecule has 0 radical (unpaired) electrons. The van der Waals surface area contributed by atoms with E-state index in [1.807, 2.05) is 0 Å². The first-order valence-electron chi connectivity index (χ1n) is 3.15. The van der Waals surface area contributed by atoms with Gasteiger partial charge in [0.1, 0.15) is 0 Å². The molecule has 0 spiro atoms. The van der Waals surface area contributed by atoms with Gasteiger partial charge in [-0.25, -0.2) is 0 Å². The van der Waals surface area contributed by atoms with Crippen LogP contribution in [0.3, 0.4) is 0 Å². The minimum absolute atomic E-state index is 0. The van der Waals surface area contributed by atoms with Gasteiger partial charge in [0, 0.05) is 0 Å². The van der Waals surface area contributed by atoms with E-state index in [1.54, 1.807) is 6.92 Å². The smallest absolute Gasteiger partial charge is 0.346 e. The molecule has 1 heteroatoms. The van der Waals surface area contributed by atoms with E-state index in [4.69, 9.17) is 0 Å². The minimum atomic E-state index is 0. The maximum absolute atomic E-state index is 3.25. The van der Waals surface area contributed by atoms with E-state index in [0.29, 0.717) is 0 Å². The summed E-state index contributed by atoms with van der Waals surface area (Å²) in [7, 11) is 0. The third-order valence-corrected chi connectivity index (χ3v) is 1.15. The molecule has 0 nitrogen and oxygen atoms in total. The van der Waals surface area contributed by atoms with E-state index >= 15 is 0 Å². The van der Waals surface area contributed by atoms with Crippen molar-refractivity contribution in [2.24, 2.45) is 5.92 Å². The molecule has 9 heavy (non-hydrogen) atoms. The van der Waals surface area contributed by atoms with Crippen molar-refractivity contribution in [3.05, 3.63) is 12.8 Å². The molecule has 0 unspecified atom stereocenters. The summed E-state index contributed by atoms with van der Waals surface area (Å²) in [6, 6.07) is 0. The third-order valence-electron chi connectivity index (χ3n) is 1.15. The van der Waals surface area contributed by atoms with Gasteiger partial charge in [0.05, 0.1) is 0 Å². The molecule has 0 aromatic carbocycles. The zero-order valence-electron chi connectivity index (χ0n) is 7.49. The summed E-state index contributed by atoms with van der Waals surface area (Å²) in [5.74, 6) is 2.28. The molecule has 0 bridgehead atoms. The SMILES string of the molecule is C[C-](C)C(C)C.[CH2-]C.[Zn+2]. The molecule has 0 aromatic heterocycles. The molecule has 0 N–H and O–H groups in total.